The molecule has 0 unspecified atom stereocenters. The number of hydrogen-bond acceptors (Lipinski definition) is 3. The molecule has 0 saturated carbocycles. The van der Waals surface area contributed by atoms with Gasteiger partial charge in [0.1, 0.15) is 0 Å². The fourth-order valence-corrected chi connectivity index (χ4v) is 2.32. The highest BCUT2D eigenvalue weighted by atomic mass is 32.1. The van der Waals surface area contributed by atoms with Gasteiger partial charge in [0.2, 0.25) is 0 Å². The highest BCUT2D eigenvalue weighted by Crippen LogP contribution is 2.34. The van der Waals surface area contributed by atoms with Gasteiger partial charge in [-0.25, -0.2) is 4.79 Å². The summed E-state index contributed by atoms with van der Waals surface area (Å²) in [6.45, 7) is 0. The fourth-order valence-electron chi connectivity index (χ4n) is 1.67. The molecule has 1 aromatic heterocycles. The van der Waals surface area contributed by atoms with E-state index in [1.807, 2.05) is 0 Å². The highest BCUT2D eigenvalue weighted by molar-refractivity contribution is 7.08. The van der Waals surface area contributed by atoms with Crippen molar-refractivity contribution >= 4 is 17.3 Å². The van der Waals surface area contributed by atoms with Gasteiger partial charge in [-0.05, 0) is 46.2 Å². The third-order valence-electron chi connectivity index (χ3n) is 2.58. The van der Waals surface area contributed by atoms with Gasteiger partial charge >= 0.3 is 12.1 Å². The Morgan fingerprint density at radius 3 is 2.53 bits per heavy atom. The number of esters is 1. The van der Waals surface area contributed by atoms with E-state index in [0.29, 0.717) is 5.56 Å². The third kappa shape index (κ3) is 2.78. The highest BCUT2D eigenvalue weighted by Gasteiger charge is 2.31. The standard InChI is InChI=1S/C13H9F3O2S/c1-18-12(17)10-3-2-9(13(14,15)16)6-11(10)8-4-5-19-7-8/h2-7H,1H3. The van der Waals surface area contributed by atoms with Crippen LogP contribution in [-0.4, -0.2) is 13.1 Å². The summed E-state index contributed by atoms with van der Waals surface area (Å²) in [6.07, 6.45) is -4.45. The smallest absolute Gasteiger partial charge is 0.416 e. The Kier molecular flexibility index (Phi) is 3.61. The van der Waals surface area contributed by atoms with Crippen molar-refractivity contribution in [2.75, 3.05) is 7.11 Å². The van der Waals surface area contributed by atoms with Crippen molar-refractivity contribution in [2.45, 2.75) is 6.18 Å². The molecular formula is C13H9F3O2S. The molecule has 6 heteroatoms. The number of ether oxygens (including phenoxy) is 1. The minimum Gasteiger partial charge on any atom is -0.465 e. The first-order valence-corrected chi connectivity index (χ1v) is 6.20. The van der Waals surface area contributed by atoms with Crippen LogP contribution in [-0.2, 0) is 10.9 Å². The molecule has 0 amide bonds. The van der Waals surface area contributed by atoms with Gasteiger partial charge in [-0.3, -0.25) is 0 Å². The average molecular weight is 286 g/mol. The molecule has 1 heterocycles. The van der Waals surface area contributed by atoms with Crippen molar-refractivity contribution in [3.05, 3.63) is 46.2 Å². The number of methoxy groups -OCH3 is 1. The summed E-state index contributed by atoms with van der Waals surface area (Å²) in [4.78, 5) is 11.6. The summed E-state index contributed by atoms with van der Waals surface area (Å²) in [7, 11) is 1.19. The van der Waals surface area contributed by atoms with Crippen LogP contribution in [0, 0.1) is 0 Å². The van der Waals surface area contributed by atoms with E-state index in [1.54, 1.807) is 16.8 Å². The molecule has 1 aromatic carbocycles. The van der Waals surface area contributed by atoms with Crippen LogP contribution < -0.4 is 0 Å². The average Bonchev–Trinajstić information content (AvgIpc) is 2.89. The van der Waals surface area contributed by atoms with Gasteiger partial charge in [0.05, 0.1) is 18.2 Å². The van der Waals surface area contributed by atoms with Crippen LogP contribution in [0.1, 0.15) is 15.9 Å². The van der Waals surface area contributed by atoms with Crippen molar-refractivity contribution in [3.8, 4) is 11.1 Å². The van der Waals surface area contributed by atoms with E-state index < -0.39 is 17.7 Å². The number of benzene rings is 1. The zero-order valence-electron chi connectivity index (χ0n) is 9.82. The molecule has 0 aliphatic carbocycles. The zero-order chi connectivity index (χ0) is 14.0. The van der Waals surface area contributed by atoms with Crippen LogP contribution in [0.3, 0.4) is 0 Å². The van der Waals surface area contributed by atoms with Crippen LogP contribution >= 0.6 is 11.3 Å². The third-order valence-corrected chi connectivity index (χ3v) is 3.27. The molecule has 0 bridgehead atoms. The quantitative estimate of drug-likeness (QED) is 0.773. The van der Waals surface area contributed by atoms with Crippen molar-refractivity contribution in [3.63, 3.8) is 0 Å². The molecule has 0 atom stereocenters. The number of rotatable bonds is 2. The first kappa shape index (κ1) is 13.6. The number of carbonyl (C=O) groups excluding carboxylic acids is 1. The predicted octanol–water partition coefficient (Wildman–Crippen LogP) is 4.22. The van der Waals surface area contributed by atoms with Crippen molar-refractivity contribution < 1.29 is 22.7 Å². The molecule has 0 radical (unpaired) electrons. The monoisotopic (exact) mass is 286 g/mol. The Hall–Kier alpha value is -1.82. The second-order valence-electron chi connectivity index (χ2n) is 3.76. The van der Waals surface area contributed by atoms with Gasteiger partial charge in [-0.1, -0.05) is 0 Å². The van der Waals surface area contributed by atoms with E-state index in [2.05, 4.69) is 4.74 Å². The second kappa shape index (κ2) is 5.05. The maximum Gasteiger partial charge on any atom is 0.416 e. The maximum atomic E-state index is 12.7. The summed E-state index contributed by atoms with van der Waals surface area (Å²) < 4.78 is 42.7. The SMILES string of the molecule is COC(=O)c1ccc(C(F)(F)F)cc1-c1ccsc1. The lowest BCUT2D eigenvalue weighted by Crippen LogP contribution is -2.08. The molecule has 100 valence electrons. The molecule has 0 N–H and O–H groups in total. The molecular weight excluding hydrogens is 277 g/mol. The molecule has 0 aliphatic rings. The second-order valence-corrected chi connectivity index (χ2v) is 4.54. The number of alkyl halides is 3. The first-order chi connectivity index (χ1) is 8.93. The summed E-state index contributed by atoms with van der Waals surface area (Å²) >= 11 is 1.34. The number of carbonyl (C=O) groups is 1. The minimum absolute atomic E-state index is 0.119. The van der Waals surface area contributed by atoms with E-state index in [1.165, 1.54) is 18.4 Å². The van der Waals surface area contributed by atoms with Crippen LogP contribution in [0.15, 0.2) is 35.0 Å². The van der Waals surface area contributed by atoms with Crippen LogP contribution in [0.5, 0.6) is 0 Å². The first-order valence-electron chi connectivity index (χ1n) is 5.25. The largest absolute Gasteiger partial charge is 0.465 e. The topological polar surface area (TPSA) is 26.3 Å². The van der Waals surface area contributed by atoms with Crippen molar-refractivity contribution in [1.29, 1.82) is 0 Å². The molecule has 0 aliphatic heterocycles. The van der Waals surface area contributed by atoms with Gasteiger partial charge in [0, 0.05) is 0 Å². The van der Waals surface area contributed by atoms with Gasteiger partial charge in [-0.15, -0.1) is 0 Å². The Labute approximate surface area is 111 Å². The van der Waals surface area contributed by atoms with Crippen LogP contribution in [0.25, 0.3) is 11.1 Å². The lowest BCUT2D eigenvalue weighted by Gasteiger charge is -2.11. The zero-order valence-corrected chi connectivity index (χ0v) is 10.6. The lowest BCUT2D eigenvalue weighted by atomic mass is 9.99. The van der Waals surface area contributed by atoms with Gasteiger partial charge < -0.3 is 4.74 Å². The Morgan fingerprint density at radius 2 is 2.00 bits per heavy atom. The maximum absolute atomic E-state index is 12.7. The van der Waals surface area contributed by atoms with Gasteiger partial charge in [0.15, 0.2) is 0 Å². The van der Waals surface area contributed by atoms with Crippen molar-refractivity contribution in [2.24, 2.45) is 0 Å². The minimum atomic E-state index is -4.45. The summed E-state index contributed by atoms with van der Waals surface area (Å²) in [6, 6.07) is 4.64. The Morgan fingerprint density at radius 1 is 1.26 bits per heavy atom. The number of halogens is 3. The summed E-state index contributed by atoms with van der Waals surface area (Å²) in [5.41, 5.74) is 0.120. The molecule has 19 heavy (non-hydrogen) atoms. The molecule has 0 saturated heterocycles. The molecule has 2 nitrogen and oxygen atoms in total. The van der Waals surface area contributed by atoms with Crippen LogP contribution in [0.2, 0.25) is 0 Å². The molecule has 2 aromatic rings. The predicted molar refractivity (Wildman–Crippen MR) is 66.1 cm³/mol. The van der Waals surface area contributed by atoms with Gasteiger partial charge in [-0.2, -0.15) is 24.5 Å². The lowest BCUT2D eigenvalue weighted by molar-refractivity contribution is -0.137. The summed E-state index contributed by atoms with van der Waals surface area (Å²) in [5.74, 6) is -0.657. The molecule has 2 rings (SSSR count). The number of hydrogen-bond donors (Lipinski definition) is 0. The molecule has 0 fully saturated rings. The van der Waals surface area contributed by atoms with Gasteiger partial charge in [0.25, 0.3) is 0 Å². The Balaban J connectivity index is 2.61. The molecule has 0 spiro atoms. The fraction of sp³-hybridized carbons (Fsp3) is 0.154. The Bertz CT molecular complexity index is 588. The normalized spacial score (nSPS) is 11.4. The van der Waals surface area contributed by atoms with E-state index in [9.17, 15) is 18.0 Å². The van der Waals surface area contributed by atoms with E-state index in [4.69, 9.17) is 0 Å². The van der Waals surface area contributed by atoms with E-state index >= 15 is 0 Å². The van der Waals surface area contributed by atoms with Crippen molar-refractivity contribution in [1.82, 2.24) is 0 Å². The number of thiophene rings is 1. The van der Waals surface area contributed by atoms with E-state index in [-0.39, 0.29) is 11.1 Å². The van der Waals surface area contributed by atoms with E-state index in [0.717, 1.165) is 18.2 Å². The summed E-state index contributed by atoms with van der Waals surface area (Å²) in [5, 5.41) is 3.42. The van der Waals surface area contributed by atoms with Crippen LogP contribution in [0.4, 0.5) is 13.2 Å².